The second kappa shape index (κ2) is 8.30. The summed E-state index contributed by atoms with van der Waals surface area (Å²) in [4.78, 5) is 16.7. The van der Waals surface area contributed by atoms with Gasteiger partial charge >= 0.3 is 0 Å². The van der Waals surface area contributed by atoms with E-state index in [9.17, 15) is 4.79 Å². The quantitative estimate of drug-likeness (QED) is 0.395. The highest BCUT2D eigenvalue weighted by Gasteiger charge is 2.13. The lowest BCUT2D eigenvalue weighted by Gasteiger charge is -2.12. The predicted molar refractivity (Wildman–Crippen MR) is 116 cm³/mol. The predicted octanol–water partition coefficient (Wildman–Crippen LogP) is 4.72. The molecule has 0 aliphatic heterocycles. The summed E-state index contributed by atoms with van der Waals surface area (Å²) in [5.41, 5.74) is 2.94. The second-order valence-electron chi connectivity index (χ2n) is 5.93. The number of aromatic nitrogens is 3. The van der Waals surface area contributed by atoms with Crippen LogP contribution in [-0.4, -0.2) is 33.6 Å². The van der Waals surface area contributed by atoms with E-state index in [4.69, 9.17) is 11.6 Å². The summed E-state index contributed by atoms with van der Waals surface area (Å²) in [6.45, 7) is 1.01. The average molecular weight is 477 g/mol. The molecule has 1 aromatic carbocycles. The van der Waals surface area contributed by atoms with Crippen LogP contribution in [0.5, 0.6) is 0 Å². The Bertz CT molecular complexity index is 1130. The van der Waals surface area contributed by atoms with Gasteiger partial charge in [-0.2, -0.15) is 21.0 Å². The minimum absolute atomic E-state index is 0.0819. The lowest BCUT2D eigenvalue weighted by atomic mass is 10.1. The number of thiophene rings is 1. The smallest absolute Gasteiger partial charge is 0.252 e. The summed E-state index contributed by atoms with van der Waals surface area (Å²) in [6, 6.07) is 11.3. The molecule has 2 N–H and O–H groups in total. The molecule has 6 nitrogen and oxygen atoms in total. The molecular formula is C19H15BrClN5OS. The number of amides is 1. The number of rotatable bonds is 6. The number of carbonyl (C=O) groups is 1. The largest absolute Gasteiger partial charge is 0.368 e. The van der Waals surface area contributed by atoms with Crippen LogP contribution in [0.2, 0.25) is 5.02 Å². The number of hydrogen-bond acceptors (Lipinski definition) is 5. The zero-order valence-corrected chi connectivity index (χ0v) is 17.7. The van der Waals surface area contributed by atoms with Crippen molar-refractivity contribution in [3.63, 3.8) is 0 Å². The van der Waals surface area contributed by atoms with E-state index in [2.05, 4.69) is 36.6 Å². The van der Waals surface area contributed by atoms with Gasteiger partial charge in [-0.25, -0.2) is 4.98 Å². The molecule has 0 radical (unpaired) electrons. The summed E-state index contributed by atoms with van der Waals surface area (Å²) >= 11 is 11.3. The highest BCUT2D eigenvalue weighted by molar-refractivity contribution is 9.10. The van der Waals surface area contributed by atoms with Gasteiger partial charge in [0.1, 0.15) is 5.82 Å². The van der Waals surface area contributed by atoms with Crippen molar-refractivity contribution in [2.75, 3.05) is 18.4 Å². The number of anilines is 1. The first kappa shape index (κ1) is 18.9. The van der Waals surface area contributed by atoms with E-state index >= 15 is 0 Å². The number of halogens is 2. The molecule has 0 fully saturated rings. The second-order valence-corrected chi connectivity index (χ2v) is 7.97. The highest BCUT2D eigenvalue weighted by Crippen LogP contribution is 2.30. The minimum Gasteiger partial charge on any atom is -0.368 e. The molecule has 4 aromatic rings. The van der Waals surface area contributed by atoms with Crippen LogP contribution in [0.4, 0.5) is 5.82 Å². The molecule has 28 heavy (non-hydrogen) atoms. The van der Waals surface area contributed by atoms with E-state index in [0.717, 1.165) is 21.5 Å². The van der Waals surface area contributed by atoms with Crippen LogP contribution in [0, 0.1) is 0 Å². The van der Waals surface area contributed by atoms with Gasteiger partial charge in [0.15, 0.2) is 5.65 Å². The SMILES string of the molecule is O=C(NCCNc1cc(-c2ccccc2Cl)nc2c(Br)cnn12)c1ccsc1. The van der Waals surface area contributed by atoms with Crippen molar-refractivity contribution in [2.45, 2.75) is 0 Å². The maximum atomic E-state index is 12.0. The number of carbonyl (C=O) groups excluding carboxylic acids is 1. The monoisotopic (exact) mass is 475 g/mol. The van der Waals surface area contributed by atoms with Crippen LogP contribution in [0.25, 0.3) is 16.9 Å². The van der Waals surface area contributed by atoms with Gasteiger partial charge in [0.05, 0.1) is 16.4 Å². The Kier molecular flexibility index (Phi) is 5.61. The zero-order valence-electron chi connectivity index (χ0n) is 14.5. The molecule has 0 atom stereocenters. The fourth-order valence-corrected chi connectivity index (χ4v) is 3.95. The van der Waals surface area contributed by atoms with Crippen LogP contribution in [0.1, 0.15) is 10.4 Å². The third kappa shape index (κ3) is 3.89. The summed E-state index contributed by atoms with van der Waals surface area (Å²) in [5, 5.41) is 14.9. The zero-order chi connectivity index (χ0) is 19.5. The molecule has 9 heteroatoms. The van der Waals surface area contributed by atoms with Gasteiger partial charge in [0.2, 0.25) is 0 Å². The van der Waals surface area contributed by atoms with Crippen molar-refractivity contribution in [3.05, 3.63) is 68.4 Å². The lowest BCUT2D eigenvalue weighted by Crippen LogP contribution is -2.28. The van der Waals surface area contributed by atoms with Gasteiger partial charge in [0, 0.05) is 40.7 Å². The Hall–Kier alpha value is -2.42. The summed E-state index contributed by atoms with van der Waals surface area (Å²) in [5.74, 6) is 0.678. The van der Waals surface area contributed by atoms with Gasteiger partial charge in [-0.3, -0.25) is 4.79 Å². The van der Waals surface area contributed by atoms with Crippen LogP contribution >= 0.6 is 38.9 Å². The molecule has 4 rings (SSSR count). The first-order chi connectivity index (χ1) is 13.6. The van der Waals surface area contributed by atoms with Crippen molar-refractivity contribution < 1.29 is 4.79 Å². The first-order valence-electron chi connectivity index (χ1n) is 8.47. The standard InChI is InChI=1S/C19H15BrClN5OS/c20-14-10-24-26-17(22-6-7-23-19(27)12-5-8-28-11-12)9-16(25-18(14)26)13-3-1-2-4-15(13)21/h1-5,8-11,22H,6-7H2,(H,23,27). The van der Waals surface area contributed by atoms with E-state index in [1.807, 2.05) is 41.1 Å². The topological polar surface area (TPSA) is 71.3 Å². The van der Waals surface area contributed by atoms with E-state index < -0.39 is 0 Å². The Balaban J connectivity index is 1.54. The van der Waals surface area contributed by atoms with Gasteiger partial charge in [0.25, 0.3) is 5.91 Å². The molecule has 0 saturated carbocycles. The third-order valence-corrected chi connectivity index (χ3v) is 5.65. The minimum atomic E-state index is -0.0819. The molecule has 0 aliphatic rings. The molecule has 0 spiro atoms. The fourth-order valence-electron chi connectivity index (χ4n) is 2.73. The molecule has 1 amide bonds. The number of nitrogens with zero attached hydrogens (tertiary/aromatic N) is 3. The average Bonchev–Trinajstić information content (AvgIpc) is 3.36. The van der Waals surface area contributed by atoms with Crippen LogP contribution < -0.4 is 10.6 Å². The molecule has 142 valence electrons. The summed E-state index contributed by atoms with van der Waals surface area (Å²) in [7, 11) is 0. The Morgan fingerprint density at radius 1 is 1.25 bits per heavy atom. The van der Waals surface area contributed by atoms with Crippen molar-refractivity contribution in [2.24, 2.45) is 0 Å². The molecule has 0 bridgehead atoms. The van der Waals surface area contributed by atoms with E-state index in [1.54, 1.807) is 16.8 Å². The lowest BCUT2D eigenvalue weighted by molar-refractivity contribution is 0.0955. The van der Waals surface area contributed by atoms with Gasteiger partial charge < -0.3 is 10.6 Å². The molecule has 0 unspecified atom stereocenters. The van der Waals surface area contributed by atoms with E-state index in [-0.39, 0.29) is 5.91 Å². The van der Waals surface area contributed by atoms with Crippen molar-refractivity contribution in [3.8, 4) is 11.3 Å². The molecule has 0 saturated heterocycles. The van der Waals surface area contributed by atoms with Crippen molar-refractivity contribution in [1.29, 1.82) is 0 Å². The summed E-state index contributed by atoms with van der Waals surface area (Å²) in [6.07, 6.45) is 1.70. The van der Waals surface area contributed by atoms with Gasteiger partial charge in [-0.05, 0) is 33.4 Å². The van der Waals surface area contributed by atoms with Crippen molar-refractivity contribution in [1.82, 2.24) is 19.9 Å². The van der Waals surface area contributed by atoms with Gasteiger partial charge in [-0.15, -0.1) is 0 Å². The summed E-state index contributed by atoms with van der Waals surface area (Å²) < 4.78 is 2.50. The Morgan fingerprint density at radius 3 is 2.89 bits per heavy atom. The maximum absolute atomic E-state index is 12.0. The molecular weight excluding hydrogens is 462 g/mol. The molecule has 0 aliphatic carbocycles. The number of nitrogens with one attached hydrogen (secondary N) is 2. The molecule has 3 aromatic heterocycles. The Labute approximate surface area is 178 Å². The number of fused-ring (bicyclic) bond motifs is 1. The number of hydrogen-bond donors (Lipinski definition) is 2. The van der Waals surface area contributed by atoms with Crippen LogP contribution in [0.3, 0.4) is 0 Å². The fraction of sp³-hybridized carbons (Fsp3) is 0.105. The molecule has 3 heterocycles. The first-order valence-corrected chi connectivity index (χ1v) is 10.6. The van der Waals surface area contributed by atoms with Crippen LogP contribution in [-0.2, 0) is 0 Å². The van der Waals surface area contributed by atoms with Crippen molar-refractivity contribution >= 4 is 56.2 Å². The maximum Gasteiger partial charge on any atom is 0.252 e. The van der Waals surface area contributed by atoms with E-state index in [1.165, 1.54) is 11.3 Å². The Morgan fingerprint density at radius 2 is 2.11 bits per heavy atom. The van der Waals surface area contributed by atoms with Gasteiger partial charge in [-0.1, -0.05) is 29.8 Å². The third-order valence-electron chi connectivity index (χ3n) is 4.08. The van der Waals surface area contributed by atoms with Crippen LogP contribution in [0.15, 0.2) is 57.8 Å². The normalized spacial score (nSPS) is 10.9. The number of benzene rings is 1. The highest BCUT2D eigenvalue weighted by atomic mass is 79.9. The van der Waals surface area contributed by atoms with E-state index in [0.29, 0.717) is 29.3 Å².